The van der Waals surface area contributed by atoms with E-state index in [9.17, 15) is 4.79 Å². The van der Waals surface area contributed by atoms with Crippen LogP contribution in [0.25, 0.3) is 0 Å². The Balaban J connectivity index is 2.04. The third kappa shape index (κ3) is 4.43. The van der Waals surface area contributed by atoms with Crippen molar-refractivity contribution in [1.29, 1.82) is 0 Å². The molecule has 0 bridgehead atoms. The van der Waals surface area contributed by atoms with Crippen LogP contribution in [-0.2, 0) is 16.0 Å². The van der Waals surface area contributed by atoms with Gasteiger partial charge in [-0.2, -0.15) is 0 Å². The Morgan fingerprint density at radius 1 is 1.32 bits per heavy atom. The number of nitrogens with zero attached hydrogens (tertiary/aromatic N) is 2. The van der Waals surface area contributed by atoms with Crippen LogP contribution >= 0.6 is 11.6 Å². The minimum absolute atomic E-state index is 0.160. The summed E-state index contributed by atoms with van der Waals surface area (Å²) in [6, 6.07) is 9.48. The number of ether oxygens (including phenoxy) is 1. The number of esters is 1. The number of methoxy groups -OCH3 is 1. The molecular weight excluding hydrogens is 302 g/mol. The predicted octanol–water partition coefficient (Wildman–Crippen LogP) is 3.53. The maximum atomic E-state index is 11.4. The second kappa shape index (κ2) is 7.22. The molecule has 0 radical (unpaired) electrons. The minimum atomic E-state index is -0.201. The van der Waals surface area contributed by atoms with Crippen LogP contribution in [0.2, 0.25) is 5.15 Å². The van der Waals surface area contributed by atoms with E-state index in [1.165, 1.54) is 7.11 Å². The van der Waals surface area contributed by atoms with Crippen LogP contribution in [0.4, 0.5) is 11.5 Å². The van der Waals surface area contributed by atoms with Crippen molar-refractivity contribution in [2.45, 2.75) is 20.3 Å². The number of halogens is 1. The summed E-state index contributed by atoms with van der Waals surface area (Å²) in [4.78, 5) is 19.7. The fourth-order valence-electron chi connectivity index (χ4n) is 2.11. The van der Waals surface area contributed by atoms with E-state index in [1.54, 1.807) is 13.0 Å². The lowest BCUT2D eigenvalue weighted by atomic mass is 10.0. The van der Waals surface area contributed by atoms with Crippen molar-refractivity contribution < 1.29 is 9.53 Å². The van der Waals surface area contributed by atoms with E-state index in [4.69, 9.17) is 16.3 Å². The van der Waals surface area contributed by atoms with E-state index < -0.39 is 0 Å². The standard InChI is InChI=1S/C16H18ClN3O2/c1-10(16(21)22-3)8-12-4-6-13(7-5-12)20-15-9-14(17)18-11(2)19-15/h4-7,9-10H,8H2,1-3H3,(H,18,19,20). The summed E-state index contributed by atoms with van der Waals surface area (Å²) in [6.45, 7) is 3.64. The average molecular weight is 320 g/mol. The van der Waals surface area contributed by atoms with Gasteiger partial charge in [0.05, 0.1) is 13.0 Å². The molecule has 116 valence electrons. The van der Waals surface area contributed by atoms with Gasteiger partial charge in [-0.3, -0.25) is 4.79 Å². The quantitative estimate of drug-likeness (QED) is 0.674. The molecule has 1 unspecified atom stereocenters. The van der Waals surface area contributed by atoms with Gasteiger partial charge in [-0.05, 0) is 31.0 Å². The lowest BCUT2D eigenvalue weighted by Crippen LogP contribution is -2.15. The minimum Gasteiger partial charge on any atom is -0.469 e. The molecule has 0 saturated carbocycles. The smallest absolute Gasteiger partial charge is 0.308 e. The number of rotatable bonds is 5. The third-order valence-electron chi connectivity index (χ3n) is 3.18. The van der Waals surface area contributed by atoms with Crippen molar-refractivity contribution in [2.24, 2.45) is 5.92 Å². The first kappa shape index (κ1) is 16.2. The molecule has 1 aromatic heterocycles. The van der Waals surface area contributed by atoms with Gasteiger partial charge in [0.1, 0.15) is 16.8 Å². The summed E-state index contributed by atoms with van der Waals surface area (Å²) in [6.07, 6.45) is 0.644. The van der Waals surface area contributed by atoms with Crippen LogP contribution in [0.5, 0.6) is 0 Å². The number of benzene rings is 1. The summed E-state index contributed by atoms with van der Waals surface area (Å²) in [5.74, 6) is 0.895. The van der Waals surface area contributed by atoms with Crippen LogP contribution < -0.4 is 5.32 Å². The monoisotopic (exact) mass is 319 g/mol. The Morgan fingerprint density at radius 2 is 2.00 bits per heavy atom. The van der Waals surface area contributed by atoms with E-state index in [1.807, 2.05) is 31.2 Å². The van der Waals surface area contributed by atoms with Gasteiger partial charge >= 0.3 is 5.97 Å². The lowest BCUT2D eigenvalue weighted by Gasteiger charge is -2.10. The van der Waals surface area contributed by atoms with Crippen molar-refractivity contribution in [3.05, 3.63) is 46.9 Å². The van der Waals surface area contributed by atoms with E-state index in [-0.39, 0.29) is 11.9 Å². The van der Waals surface area contributed by atoms with E-state index >= 15 is 0 Å². The SMILES string of the molecule is COC(=O)C(C)Cc1ccc(Nc2cc(Cl)nc(C)n2)cc1. The van der Waals surface area contributed by atoms with Crippen LogP contribution in [-0.4, -0.2) is 23.0 Å². The number of hydrogen-bond acceptors (Lipinski definition) is 5. The van der Waals surface area contributed by atoms with Crippen molar-refractivity contribution in [3.63, 3.8) is 0 Å². The van der Waals surface area contributed by atoms with Gasteiger partial charge in [-0.1, -0.05) is 30.7 Å². The van der Waals surface area contributed by atoms with Gasteiger partial charge in [0, 0.05) is 11.8 Å². The molecule has 0 aliphatic carbocycles. The van der Waals surface area contributed by atoms with Crippen LogP contribution in [0.3, 0.4) is 0 Å². The number of carbonyl (C=O) groups is 1. The number of aryl methyl sites for hydroxylation is 1. The van der Waals surface area contributed by atoms with Crippen molar-refractivity contribution in [1.82, 2.24) is 9.97 Å². The third-order valence-corrected chi connectivity index (χ3v) is 3.37. The normalized spacial score (nSPS) is 11.8. The lowest BCUT2D eigenvalue weighted by molar-refractivity contribution is -0.144. The molecule has 22 heavy (non-hydrogen) atoms. The van der Waals surface area contributed by atoms with Gasteiger partial charge in [0.15, 0.2) is 0 Å². The van der Waals surface area contributed by atoms with Gasteiger partial charge in [-0.15, -0.1) is 0 Å². The maximum absolute atomic E-state index is 11.4. The first-order valence-electron chi connectivity index (χ1n) is 6.93. The molecule has 2 rings (SSSR count). The fraction of sp³-hybridized carbons (Fsp3) is 0.312. The molecule has 1 N–H and O–H groups in total. The molecule has 1 heterocycles. The van der Waals surface area contributed by atoms with Crippen LogP contribution in [0.1, 0.15) is 18.3 Å². The summed E-state index contributed by atoms with van der Waals surface area (Å²) >= 11 is 5.91. The Bertz CT molecular complexity index is 639. The van der Waals surface area contributed by atoms with Gasteiger partial charge < -0.3 is 10.1 Å². The van der Waals surface area contributed by atoms with Crippen molar-refractivity contribution >= 4 is 29.1 Å². The molecule has 0 saturated heterocycles. The Labute approximate surface area is 134 Å². The molecule has 0 aliphatic rings. The molecule has 5 nitrogen and oxygen atoms in total. The largest absolute Gasteiger partial charge is 0.469 e. The zero-order valence-electron chi connectivity index (χ0n) is 12.8. The molecular formula is C16H18ClN3O2. The van der Waals surface area contributed by atoms with Gasteiger partial charge in [-0.25, -0.2) is 9.97 Å². The molecule has 1 atom stereocenters. The van der Waals surface area contributed by atoms with Crippen LogP contribution in [0.15, 0.2) is 30.3 Å². The van der Waals surface area contributed by atoms with Crippen molar-refractivity contribution in [2.75, 3.05) is 12.4 Å². The maximum Gasteiger partial charge on any atom is 0.308 e. The topological polar surface area (TPSA) is 64.1 Å². The summed E-state index contributed by atoms with van der Waals surface area (Å²) in [5.41, 5.74) is 1.96. The number of nitrogens with one attached hydrogen (secondary N) is 1. The molecule has 2 aromatic rings. The van der Waals surface area contributed by atoms with Crippen LogP contribution in [0, 0.1) is 12.8 Å². The zero-order chi connectivity index (χ0) is 16.1. The first-order chi connectivity index (χ1) is 10.5. The first-order valence-corrected chi connectivity index (χ1v) is 7.30. The predicted molar refractivity (Wildman–Crippen MR) is 86.4 cm³/mol. The molecule has 0 fully saturated rings. The highest BCUT2D eigenvalue weighted by atomic mass is 35.5. The Hall–Kier alpha value is -2.14. The summed E-state index contributed by atoms with van der Waals surface area (Å²) in [7, 11) is 1.40. The Kier molecular flexibility index (Phi) is 5.33. The molecule has 0 spiro atoms. The average Bonchev–Trinajstić information content (AvgIpc) is 2.47. The highest BCUT2D eigenvalue weighted by molar-refractivity contribution is 6.29. The number of aromatic nitrogens is 2. The zero-order valence-corrected chi connectivity index (χ0v) is 13.5. The Morgan fingerprint density at radius 3 is 2.59 bits per heavy atom. The number of anilines is 2. The second-order valence-electron chi connectivity index (χ2n) is 5.07. The van der Waals surface area contributed by atoms with Crippen molar-refractivity contribution in [3.8, 4) is 0 Å². The van der Waals surface area contributed by atoms with E-state index in [0.717, 1.165) is 11.3 Å². The van der Waals surface area contributed by atoms with E-state index in [2.05, 4.69) is 15.3 Å². The fourth-order valence-corrected chi connectivity index (χ4v) is 2.33. The highest BCUT2D eigenvalue weighted by Crippen LogP contribution is 2.19. The summed E-state index contributed by atoms with van der Waals surface area (Å²) < 4.78 is 4.73. The molecule has 1 aromatic carbocycles. The number of hydrogen-bond donors (Lipinski definition) is 1. The van der Waals surface area contributed by atoms with Gasteiger partial charge in [0.25, 0.3) is 0 Å². The molecule has 6 heteroatoms. The van der Waals surface area contributed by atoms with Gasteiger partial charge in [0.2, 0.25) is 0 Å². The molecule has 0 aliphatic heterocycles. The second-order valence-corrected chi connectivity index (χ2v) is 5.46. The highest BCUT2D eigenvalue weighted by Gasteiger charge is 2.13. The number of carbonyl (C=O) groups excluding carboxylic acids is 1. The molecule has 0 amide bonds. The van der Waals surface area contributed by atoms with E-state index in [0.29, 0.717) is 23.2 Å². The summed E-state index contributed by atoms with van der Waals surface area (Å²) in [5, 5.41) is 3.57.